The molecule has 0 aliphatic carbocycles. The lowest BCUT2D eigenvalue weighted by molar-refractivity contribution is 0.414. The molecule has 0 spiro atoms. The van der Waals surface area contributed by atoms with Crippen LogP contribution in [0.4, 0.5) is 0 Å². The predicted octanol–water partition coefficient (Wildman–Crippen LogP) is 1.85. The van der Waals surface area contributed by atoms with Crippen LogP contribution in [0.1, 0.15) is 12.5 Å². The quantitative estimate of drug-likeness (QED) is 0.696. The Labute approximate surface area is 79.9 Å². The number of rotatable bonds is 5. The number of hydrogen-bond acceptors (Lipinski definition) is 2. The van der Waals surface area contributed by atoms with E-state index in [1.165, 1.54) is 5.56 Å². The van der Waals surface area contributed by atoms with Crippen LogP contribution in [0.2, 0.25) is 0 Å². The van der Waals surface area contributed by atoms with E-state index in [1.807, 2.05) is 12.1 Å². The van der Waals surface area contributed by atoms with Gasteiger partial charge in [0.15, 0.2) is 0 Å². The molecule has 1 rings (SSSR count). The van der Waals surface area contributed by atoms with Gasteiger partial charge < -0.3 is 10.1 Å². The van der Waals surface area contributed by atoms with Gasteiger partial charge in [0.1, 0.15) is 5.75 Å². The van der Waals surface area contributed by atoms with Gasteiger partial charge in [-0.25, -0.2) is 0 Å². The molecule has 2 heteroatoms. The molecule has 0 aliphatic heterocycles. The summed E-state index contributed by atoms with van der Waals surface area (Å²) in [5, 5.41) is 3.29. The lowest BCUT2D eigenvalue weighted by Gasteiger charge is -2.03. The predicted molar refractivity (Wildman–Crippen MR) is 55.2 cm³/mol. The molecule has 0 amide bonds. The average Bonchev–Trinajstić information content (AvgIpc) is 2.19. The molecule has 13 heavy (non-hydrogen) atoms. The fourth-order valence-electron chi connectivity index (χ4n) is 1.20. The van der Waals surface area contributed by atoms with Gasteiger partial charge in [0.25, 0.3) is 0 Å². The molecule has 2 nitrogen and oxygen atoms in total. The number of likely N-dealkylation sites (N-methyl/N-ethyl adjacent to an activating group) is 1. The summed E-state index contributed by atoms with van der Waals surface area (Å²) in [5.74, 6) is 0.923. The van der Waals surface area contributed by atoms with Crippen LogP contribution in [-0.2, 0) is 6.42 Å². The van der Waals surface area contributed by atoms with E-state index in [2.05, 4.69) is 24.4 Å². The molecule has 0 fully saturated rings. The highest BCUT2D eigenvalue weighted by molar-refractivity contribution is 5.27. The Hall–Kier alpha value is -1.02. The van der Waals surface area contributed by atoms with Crippen molar-refractivity contribution in [2.75, 3.05) is 20.2 Å². The average molecular weight is 179 g/mol. The summed E-state index contributed by atoms with van der Waals surface area (Å²) >= 11 is 0. The topological polar surface area (TPSA) is 21.3 Å². The maximum Gasteiger partial charge on any atom is 0.118 e. The monoisotopic (exact) mass is 179 g/mol. The SMILES string of the molecule is CCNCCc1ccc(OC)cc1. The van der Waals surface area contributed by atoms with Gasteiger partial charge in [0, 0.05) is 0 Å². The van der Waals surface area contributed by atoms with Crippen LogP contribution < -0.4 is 10.1 Å². The lowest BCUT2D eigenvalue weighted by atomic mass is 10.1. The number of ether oxygens (including phenoxy) is 1. The van der Waals surface area contributed by atoms with Crippen molar-refractivity contribution in [1.82, 2.24) is 5.32 Å². The first-order chi connectivity index (χ1) is 6.36. The molecule has 0 radical (unpaired) electrons. The van der Waals surface area contributed by atoms with Crippen molar-refractivity contribution in [2.24, 2.45) is 0 Å². The third-order valence-corrected chi connectivity index (χ3v) is 2.00. The number of hydrogen-bond donors (Lipinski definition) is 1. The Bertz CT molecular complexity index is 230. The third kappa shape index (κ3) is 3.47. The first kappa shape index (κ1) is 10.1. The molecule has 1 N–H and O–H groups in total. The molecular formula is C11H17NO. The summed E-state index contributed by atoms with van der Waals surface area (Å²) in [6.07, 6.45) is 1.08. The molecule has 0 aliphatic rings. The Morgan fingerprint density at radius 2 is 1.92 bits per heavy atom. The molecule has 0 unspecified atom stereocenters. The van der Waals surface area contributed by atoms with Gasteiger partial charge >= 0.3 is 0 Å². The number of nitrogens with one attached hydrogen (secondary N) is 1. The zero-order valence-corrected chi connectivity index (χ0v) is 8.34. The van der Waals surface area contributed by atoms with Crippen LogP contribution in [0, 0.1) is 0 Å². The molecular weight excluding hydrogens is 162 g/mol. The van der Waals surface area contributed by atoms with E-state index >= 15 is 0 Å². The second-order valence-corrected chi connectivity index (χ2v) is 2.95. The van der Waals surface area contributed by atoms with Crippen molar-refractivity contribution in [3.63, 3.8) is 0 Å². The first-order valence-corrected chi connectivity index (χ1v) is 4.70. The fraction of sp³-hybridized carbons (Fsp3) is 0.455. The van der Waals surface area contributed by atoms with E-state index in [0.29, 0.717) is 0 Å². The Morgan fingerprint density at radius 1 is 1.23 bits per heavy atom. The maximum absolute atomic E-state index is 5.08. The van der Waals surface area contributed by atoms with Gasteiger partial charge in [-0.2, -0.15) is 0 Å². The normalized spacial score (nSPS) is 10.0. The molecule has 0 atom stereocenters. The van der Waals surface area contributed by atoms with Crippen molar-refractivity contribution in [2.45, 2.75) is 13.3 Å². The Kier molecular flexibility index (Phi) is 4.33. The van der Waals surface area contributed by atoms with Crippen molar-refractivity contribution in [1.29, 1.82) is 0 Å². The molecule has 0 heterocycles. The lowest BCUT2D eigenvalue weighted by Crippen LogP contribution is -2.15. The Balaban J connectivity index is 2.40. The highest BCUT2D eigenvalue weighted by Gasteiger charge is 1.93. The zero-order chi connectivity index (χ0) is 9.52. The first-order valence-electron chi connectivity index (χ1n) is 4.70. The molecule has 1 aromatic carbocycles. The van der Waals surface area contributed by atoms with E-state index in [0.717, 1.165) is 25.3 Å². The van der Waals surface area contributed by atoms with Gasteiger partial charge in [0.2, 0.25) is 0 Å². The fourth-order valence-corrected chi connectivity index (χ4v) is 1.20. The molecule has 0 bridgehead atoms. The van der Waals surface area contributed by atoms with E-state index in [1.54, 1.807) is 7.11 Å². The van der Waals surface area contributed by atoms with Crippen molar-refractivity contribution < 1.29 is 4.74 Å². The van der Waals surface area contributed by atoms with E-state index in [4.69, 9.17) is 4.74 Å². The molecule has 0 saturated heterocycles. The van der Waals surface area contributed by atoms with E-state index < -0.39 is 0 Å². The van der Waals surface area contributed by atoms with Crippen molar-refractivity contribution >= 4 is 0 Å². The highest BCUT2D eigenvalue weighted by atomic mass is 16.5. The van der Waals surface area contributed by atoms with Crippen LogP contribution in [0.3, 0.4) is 0 Å². The number of benzene rings is 1. The van der Waals surface area contributed by atoms with Gasteiger partial charge in [0.05, 0.1) is 7.11 Å². The van der Waals surface area contributed by atoms with Crippen molar-refractivity contribution in [3.8, 4) is 5.75 Å². The van der Waals surface area contributed by atoms with Gasteiger partial charge in [-0.05, 0) is 37.2 Å². The second-order valence-electron chi connectivity index (χ2n) is 2.95. The highest BCUT2D eigenvalue weighted by Crippen LogP contribution is 2.11. The molecule has 0 aromatic heterocycles. The molecule has 72 valence electrons. The van der Waals surface area contributed by atoms with Crippen LogP contribution in [-0.4, -0.2) is 20.2 Å². The van der Waals surface area contributed by atoms with Crippen molar-refractivity contribution in [3.05, 3.63) is 29.8 Å². The summed E-state index contributed by atoms with van der Waals surface area (Å²) in [5.41, 5.74) is 1.35. The van der Waals surface area contributed by atoms with Gasteiger partial charge in [-0.15, -0.1) is 0 Å². The standard InChI is InChI=1S/C11H17NO/c1-3-12-9-8-10-4-6-11(13-2)7-5-10/h4-7,12H,3,8-9H2,1-2H3. The minimum Gasteiger partial charge on any atom is -0.497 e. The largest absolute Gasteiger partial charge is 0.497 e. The van der Waals surface area contributed by atoms with Crippen LogP contribution in [0.25, 0.3) is 0 Å². The molecule has 0 saturated carbocycles. The Morgan fingerprint density at radius 3 is 2.46 bits per heavy atom. The minimum atomic E-state index is 0.923. The minimum absolute atomic E-state index is 0.923. The maximum atomic E-state index is 5.08. The van der Waals surface area contributed by atoms with Crippen LogP contribution in [0.5, 0.6) is 5.75 Å². The van der Waals surface area contributed by atoms with E-state index in [-0.39, 0.29) is 0 Å². The summed E-state index contributed by atoms with van der Waals surface area (Å²) in [4.78, 5) is 0. The molecule has 1 aromatic rings. The third-order valence-electron chi connectivity index (χ3n) is 2.00. The van der Waals surface area contributed by atoms with Gasteiger partial charge in [-0.3, -0.25) is 0 Å². The van der Waals surface area contributed by atoms with Crippen LogP contribution >= 0.6 is 0 Å². The van der Waals surface area contributed by atoms with Crippen LogP contribution in [0.15, 0.2) is 24.3 Å². The summed E-state index contributed by atoms with van der Waals surface area (Å²) < 4.78 is 5.08. The summed E-state index contributed by atoms with van der Waals surface area (Å²) in [6.45, 7) is 4.20. The summed E-state index contributed by atoms with van der Waals surface area (Å²) in [7, 11) is 1.69. The van der Waals surface area contributed by atoms with Gasteiger partial charge in [-0.1, -0.05) is 19.1 Å². The zero-order valence-electron chi connectivity index (χ0n) is 8.34. The second kappa shape index (κ2) is 5.60. The number of methoxy groups -OCH3 is 1. The summed E-state index contributed by atoms with van der Waals surface area (Å²) in [6, 6.07) is 8.22. The van der Waals surface area contributed by atoms with E-state index in [9.17, 15) is 0 Å². The smallest absolute Gasteiger partial charge is 0.118 e.